The molecule has 0 heterocycles. The summed E-state index contributed by atoms with van der Waals surface area (Å²) in [5.41, 5.74) is 23.1. The van der Waals surface area contributed by atoms with Gasteiger partial charge in [0.25, 0.3) is 23.6 Å². The van der Waals surface area contributed by atoms with Crippen LogP contribution in [-0.2, 0) is 0 Å². The number of Topliss-reactive ketones (excluding diaryl/α,β-unsaturated/α-hetero) is 2. The molecule has 3 aromatic rings. The number of ketones is 2. The number of hydrogen-bond donors (Lipinski definition) is 16. The fourth-order valence-electron chi connectivity index (χ4n) is 12.1. The first kappa shape index (κ1) is 83.3. The SMILES string of the molecule is COc1cc(OC)c(C(=O)C[C@H]2CC[C@H](NC(=O)c3cc(C(=O)NCCN(C)C)c(OCCCCCNC(=N)N)cc3OCCCCCNC(=N)N)CC2)cc1C(=O)CC1CCC(NC(=O)c2cc(C(=O)NCCN(C)C)c(OCCCCCNC(=N)N)cc2OCCCCCNC(=N)N)CC1. The van der Waals surface area contributed by atoms with Gasteiger partial charge >= 0.3 is 0 Å². The van der Waals surface area contributed by atoms with E-state index in [9.17, 15) is 28.8 Å². The van der Waals surface area contributed by atoms with E-state index < -0.39 is 23.6 Å². The van der Waals surface area contributed by atoms with E-state index in [1.807, 2.05) is 38.0 Å². The van der Waals surface area contributed by atoms with Gasteiger partial charge < -0.3 is 104 Å². The van der Waals surface area contributed by atoms with E-state index in [0.29, 0.717) is 129 Å². The number of carbonyl (C=O) groups is 6. The van der Waals surface area contributed by atoms with E-state index in [1.54, 1.807) is 24.3 Å². The predicted molar refractivity (Wildman–Crippen MR) is 396 cm³/mol. The van der Waals surface area contributed by atoms with Crippen molar-refractivity contribution in [3.63, 3.8) is 0 Å². The van der Waals surface area contributed by atoms with Gasteiger partial charge in [0.05, 0.1) is 74.0 Å². The third-order valence-corrected chi connectivity index (χ3v) is 17.8. The summed E-state index contributed by atoms with van der Waals surface area (Å²) in [4.78, 5) is 89.4. The molecule has 0 aliphatic heterocycles. The number of unbranched alkanes of at least 4 members (excludes halogenated alkanes) is 8. The molecule has 0 radical (unpaired) electrons. The highest BCUT2D eigenvalue weighted by atomic mass is 16.5. The predicted octanol–water partition coefficient (Wildman–Crippen LogP) is 5.54. The molecule has 566 valence electrons. The minimum atomic E-state index is -0.417. The summed E-state index contributed by atoms with van der Waals surface area (Å²) in [7, 11) is 10.6. The fourth-order valence-corrected chi connectivity index (χ4v) is 12.1. The van der Waals surface area contributed by atoms with Crippen LogP contribution in [-0.4, -0.2) is 202 Å². The molecule has 2 saturated carbocycles. The van der Waals surface area contributed by atoms with Gasteiger partial charge in [0.1, 0.15) is 34.5 Å². The number of nitrogens with zero attached hydrogens (tertiary/aromatic N) is 2. The Hall–Kier alpha value is -9.32. The standard InChI is InChI=1S/C72H116N18O12/c1-89(2)33-31-81-65(93)53-42-55(63(101-37-17-9-13-29-85-71(77)78)45-61(53)99-35-15-7-11-27-83-69(73)74)67(95)87-49-23-19-47(20-24-49)39-57(91)51-41-52(60(98-6)44-59(51)97-5)58(92)40-48-21-25-50(26-22-48)88-68(96)56-43-54(66(94)82-32-34-90(3)4)62(100-36-16-8-12-28-84-70(75)76)46-64(56)102-38-18-10-14-30-86-72(79)80/h41-50H,7-40H2,1-6H3,(H,81,93)(H,82,94)(H,87,95)(H,88,96)(H4,73,74,83)(H4,75,76,84)(H4,77,78,85)(H4,79,80,86)/t47-,48?,49-,50?. The third-order valence-electron chi connectivity index (χ3n) is 17.8. The number of hydrogen-bond acceptors (Lipinski definition) is 18. The molecule has 0 atom stereocenters. The lowest BCUT2D eigenvalue weighted by atomic mass is 9.81. The molecule has 3 aromatic carbocycles. The van der Waals surface area contributed by atoms with Crippen molar-refractivity contribution in [3.8, 4) is 34.5 Å². The Kier molecular flexibility index (Phi) is 37.2. The van der Waals surface area contributed by atoms with Crippen LogP contribution in [0.3, 0.4) is 0 Å². The first-order chi connectivity index (χ1) is 49.0. The Morgan fingerprint density at radius 1 is 0.363 bits per heavy atom. The maximum absolute atomic E-state index is 14.5. The first-order valence-electron chi connectivity index (χ1n) is 35.9. The largest absolute Gasteiger partial charge is 0.496 e. The van der Waals surface area contributed by atoms with E-state index in [4.69, 9.17) is 73.0 Å². The molecule has 0 spiro atoms. The second-order valence-corrected chi connectivity index (χ2v) is 26.7. The Morgan fingerprint density at radius 2 is 0.637 bits per heavy atom. The summed E-state index contributed by atoms with van der Waals surface area (Å²) in [5.74, 6) is -0.819. The summed E-state index contributed by atoms with van der Waals surface area (Å²) in [5, 5.41) is 53.2. The second kappa shape index (κ2) is 45.5. The Labute approximate surface area is 601 Å². The molecule has 2 aliphatic carbocycles. The van der Waals surface area contributed by atoms with Crippen LogP contribution in [0.1, 0.15) is 203 Å². The number of guanidine groups is 4. The molecule has 0 aromatic heterocycles. The molecule has 102 heavy (non-hydrogen) atoms. The highest BCUT2D eigenvalue weighted by Gasteiger charge is 2.32. The third kappa shape index (κ3) is 30.5. The monoisotopic (exact) mass is 1420 g/mol. The summed E-state index contributed by atoms with van der Waals surface area (Å²) in [6, 6.07) is 8.98. The normalized spacial score (nSPS) is 15.6. The molecule has 30 nitrogen and oxygen atoms in total. The number of nitrogens with one attached hydrogen (secondary N) is 12. The lowest BCUT2D eigenvalue weighted by Crippen LogP contribution is -2.38. The van der Waals surface area contributed by atoms with Crippen molar-refractivity contribution >= 4 is 59.0 Å². The van der Waals surface area contributed by atoms with Crippen molar-refractivity contribution in [2.75, 3.05) is 121 Å². The van der Waals surface area contributed by atoms with E-state index in [2.05, 4.69) is 42.5 Å². The minimum absolute atomic E-state index is 0.0319. The first-order valence-corrected chi connectivity index (χ1v) is 35.9. The van der Waals surface area contributed by atoms with Crippen LogP contribution in [0.25, 0.3) is 0 Å². The highest BCUT2D eigenvalue weighted by Crippen LogP contribution is 2.38. The molecule has 2 aliphatic rings. The van der Waals surface area contributed by atoms with E-state index in [-0.39, 0.29) is 166 Å². The second-order valence-electron chi connectivity index (χ2n) is 26.7. The fraction of sp³-hybridized carbons (Fsp3) is 0.611. The van der Waals surface area contributed by atoms with Gasteiger partial charge in [0.15, 0.2) is 35.4 Å². The number of nitrogens with two attached hydrogens (primary N) is 4. The number of rotatable bonds is 48. The summed E-state index contributed by atoms with van der Waals surface area (Å²) in [6.07, 6.45) is 13.9. The highest BCUT2D eigenvalue weighted by molar-refractivity contribution is 6.06. The van der Waals surface area contributed by atoms with Crippen LogP contribution in [0.2, 0.25) is 0 Å². The van der Waals surface area contributed by atoms with Crippen molar-refractivity contribution in [2.24, 2.45) is 34.8 Å². The topological polar surface area (TPSA) is 460 Å². The zero-order valence-electron chi connectivity index (χ0n) is 60.9. The zero-order chi connectivity index (χ0) is 74.3. The van der Waals surface area contributed by atoms with Gasteiger partial charge in [0, 0.05) is 95.5 Å². The number of ether oxygens (including phenoxy) is 6. The van der Waals surface area contributed by atoms with Gasteiger partial charge in [0.2, 0.25) is 0 Å². The van der Waals surface area contributed by atoms with E-state index in [0.717, 1.165) is 51.4 Å². The lowest BCUT2D eigenvalue weighted by Gasteiger charge is -2.29. The average molecular weight is 1430 g/mol. The molecule has 5 rings (SSSR count). The molecule has 20 N–H and O–H groups in total. The van der Waals surface area contributed by atoms with E-state index >= 15 is 0 Å². The van der Waals surface area contributed by atoms with Crippen molar-refractivity contribution < 1.29 is 57.2 Å². The maximum Gasteiger partial charge on any atom is 0.255 e. The summed E-state index contributed by atoms with van der Waals surface area (Å²) < 4.78 is 36.6. The van der Waals surface area contributed by atoms with Crippen LogP contribution in [0.4, 0.5) is 0 Å². The molecule has 0 saturated heterocycles. The van der Waals surface area contributed by atoms with Gasteiger partial charge in [-0.3, -0.25) is 50.4 Å². The average Bonchev–Trinajstić information content (AvgIpc) is 0.814. The minimum Gasteiger partial charge on any atom is -0.496 e. The Morgan fingerprint density at radius 3 is 0.912 bits per heavy atom. The van der Waals surface area contributed by atoms with Crippen LogP contribution in [0.5, 0.6) is 34.5 Å². The van der Waals surface area contributed by atoms with Crippen LogP contribution < -0.4 is 93.9 Å². The lowest BCUT2D eigenvalue weighted by molar-refractivity contribution is 0.0889. The molecule has 30 heteroatoms. The zero-order valence-corrected chi connectivity index (χ0v) is 60.9. The summed E-state index contributed by atoms with van der Waals surface area (Å²) >= 11 is 0. The van der Waals surface area contributed by atoms with Gasteiger partial charge in [-0.2, -0.15) is 0 Å². The van der Waals surface area contributed by atoms with Crippen LogP contribution in [0.15, 0.2) is 36.4 Å². The van der Waals surface area contributed by atoms with Crippen molar-refractivity contribution in [1.82, 2.24) is 52.3 Å². The van der Waals surface area contributed by atoms with Gasteiger partial charge in [-0.05, 0) is 187 Å². The molecule has 0 bridgehead atoms. The van der Waals surface area contributed by atoms with Crippen molar-refractivity contribution in [3.05, 3.63) is 69.8 Å². The molecular formula is C72H116N18O12. The Balaban J connectivity index is 1.25. The number of likely N-dealkylation sites (N-methyl/N-ethyl adjacent to an activating group) is 2. The number of amides is 4. The van der Waals surface area contributed by atoms with Crippen LogP contribution >= 0.6 is 0 Å². The smallest absolute Gasteiger partial charge is 0.255 e. The number of methoxy groups -OCH3 is 2. The Bertz CT molecular complexity index is 3020. The molecule has 0 unspecified atom stereocenters. The maximum atomic E-state index is 14.5. The van der Waals surface area contributed by atoms with Crippen molar-refractivity contribution in [2.45, 2.75) is 153 Å². The summed E-state index contributed by atoms with van der Waals surface area (Å²) in [6.45, 7) is 5.16. The molecule has 2 fully saturated rings. The van der Waals surface area contributed by atoms with Gasteiger partial charge in [-0.1, -0.05) is 0 Å². The molecule has 4 amide bonds. The van der Waals surface area contributed by atoms with Gasteiger partial charge in [-0.15, -0.1) is 0 Å². The van der Waals surface area contributed by atoms with Gasteiger partial charge in [-0.25, -0.2) is 0 Å². The van der Waals surface area contributed by atoms with Crippen molar-refractivity contribution in [1.29, 1.82) is 21.6 Å². The number of benzene rings is 3. The number of carbonyl (C=O) groups excluding carboxylic acids is 6. The molecular weight excluding hydrogens is 1310 g/mol. The van der Waals surface area contributed by atoms with Crippen LogP contribution in [0, 0.1) is 33.5 Å². The quantitative estimate of drug-likeness (QED) is 0.0143. The van der Waals surface area contributed by atoms with E-state index in [1.165, 1.54) is 26.4 Å².